The molecule has 0 bridgehead atoms. The maximum atomic E-state index is 11.8. The van der Waals surface area contributed by atoms with Crippen molar-refractivity contribution in [2.24, 2.45) is 5.92 Å². The van der Waals surface area contributed by atoms with Gasteiger partial charge in [0.1, 0.15) is 0 Å². The molecule has 5 heteroatoms. The average Bonchev–Trinajstić information content (AvgIpc) is 3.13. The van der Waals surface area contributed by atoms with Gasteiger partial charge >= 0.3 is 0 Å². The minimum absolute atomic E-state index is 0.224. The summed E-state index contributed by atoms with van der Waals surface area (Å²) in [6.07, 6.45) is 2.41. The van der Waals surface area contributed by atoms with Gasteiger partial charge in [-0.2, -0.15) is 5.10 Å². The van der Waals surface area contributed by atoms with Crippen LogP contribution in [0.4, 0.5) is 0 Å². The minimum Gasteiger partial charge on any atom is -0.282 e. The molecular formula is C13H15N3O2. The Morgan fingerprint density at radius 2 is 2.39 bits per heavy atom. The van der Waals surface area contributed by atoms with E-state index in [0.29, 0.717) is 18.1 Å². The van der Waals surface area contributed by atoms with Gasteiger partial charge in [-0.3, -0.25) is 14.7 Å². The number of hydrogen-bond donors (Lipinski definition) is 2. The van der Waals surface area contributed by atoms with Crippen molar-refractivity contribution < 1.29 is 9.63 Å². The first-order valence-corrected chi connectivity index (χ1v) is 6.11. The summed E-state index contributed by atoms with van der Waals surface area (Å²) >= 11 is 0. The number of benzene rings is 1. The molecule has 1 heterocycles. The summed E-state index contributed by atoms with van der Waals surface area (Å²) in [5.74, 6) is 0.403. The molecule has 0 radical (unpaired) electrons. The molecule has 1 aliphatic rings. The number of carbonyl (C=O) groups excluding carboxylic acids is 1. The van der Waals surface area contributed by atoms with Crippen LogP contribution in [0.25, 0.3) is 10.9 Å². The summed E-state index contributed by atoms with van der Waals surface area (Å²) < 4.78 is 0. The monoisotopic (exact) mass is 245 g/mol. The number of aromatic nitrogens is 2. The molecular weight excluding hydrogens is 230 g/mol. The molecule has 1 saturated carbocycles. The number of H-pyrrole nitrogens is 1. The first-order chi connectivity index (χ1) is 8.74. The highest BCUT2D eigenvalue weighted by Crippen LogP contribution is 2.28. The summed E-state index contributed by atoms with van der Waals surface area (Å²) in [4.78, 5) is 17.0. The second-order valence-corrected chi connectivity index (χ2v) is 4.77. The Morgan fingerprint density at radius 3 is 3.17 bits per heavy atom. The summed E-state index contributed by atoms with van der Waals surface area (Å²) in [6.45, 7) is 2.56. The van der Waals surface area contributed by atoms with E-state index >= 15 is 0 Å². The number of amides is 1. The summed E-state index contributed by atoms with van der Waals surface area (Å²) in [6, 6.07) is 5.43. The number of fused-ring (bicyclic) bond motifs is 1. The molecule has 1 aromatic heterocycles. The topological polar surface area (TPSA) is 67.0 Å². The lowest BCUT2D eigenvalue weighted by atomic mass is 10.1. The van der Waals surface area contributed by atoms with E-state index in [2.05, 4.69) is 15.7 Å². The van der Waals surface area contributed by atoms with E-state index in [9.17, 15) is 4.79 Å². The number of hydroxylamine groups is 1. The van der Waals surface area contributed by atoms with E-state index in [4.69, 9.17) is 4.84 Å². The maximum absolute atomic E-state index is 11.8. The molecule has 0 saturated heterocycles. The molecule has 94 valence electrons. The van der Waals surface area contributed by atoms with Gasteiger partial charge in [-0.15, -0.1) is 0 Å². The van der Waals surface area contributed by atoms with Gasteiger partial charge in [0.05, 0.1) is 12.1 Å². The van der Waals surface area contributed by atoms with Gasteiger partial charge in [-0.05, 0) is 37.8 Å². The Kier molecular flexibility index (Phi) is 2.76. The van der Waals surface area contributed by atoms with Crippen LogP contribution < -0.4 is 5.48 Å². The van der Waals surface area contributed by atoms with Gasteiger partial charge in [0, 0.05) is 16.6 Å². The fourth-order valence-corrected chi connectivity index (χ4v) is 1.86. The van der Waals surface area contributed by atoms with Crippen molar-refractivity contribution in [2.75, 3.05) is 6.61 Å². The molecule has 0 unspecified atom stereocenters. The van der Waals surface area contributed by atoms with Gasteiger partial charge in [-0.1, -0.05) is 6.07 Å². The minimum atomic E-state index is -0.224. The lowest BCUT2D eigenvalue weighted by Crippen LogP contribution is -2.24. The Hall–Kier alpha value is -1.88. The standard InChI is InChI=1S/C13H15N3O2/c1-8-11-5-4-10(6-12(11)15-14-8)13(17)16-18-7-9-2-3-9/h4-6,9H,2-3,7H2,1H3,(H,14,15)(H,16,17). The maximum Gasteiger partial charge on any atom is 0.274 e. The number of aryl methyl sites for hydroxylation is 1. The van der Waals surface area contributed by atoms with Crippen LogP contribution >= 0.6 is 0 Å². The third kappa shape index (κ3) is 2.22. The zero-order chi connectivity index (χ0) is 12.5. The van der Waals surface area contributed by atoms with Gasteiger partial charge in [0.25, 0.3) is 5.91 Å². The van der Waals surface area contributed by atoms with Crippen LogP contribution in [0.2, 0.25) is 0 Å². The van der Waals surface area contributed by atoms with E-state index in [0.717, 1.165) is 16.6 Å². The van der Waals surface area contributed by atoms with Crippen LogP contribution in [0, 0.1) is 12.8 Å². The SMILES string of the molecule is Cc1[nH]nc2cc(C(=O)NOCC3CC3)ccc12. The van der Waals surface area contributed by atoms with Gasteiger partial charge in [-0.25, -0.2) is 5.48 Å². The van der Waals surface area contributed by atoms with E-state index in [1.807, 2.05) is 13.0 Å². The number of nitrogens with zero attached hydrogens (tertiary/aromatic N) is 1. The highest BCUT2D eigenvalue weighted by Gasteiger charge is 2.21. The van der Waals surface area contributed by atoms with Crippen molar-refractivity contribution in [1.29, 1.82) is 0 Å². The van der Waals surface area contributed by atoms with Crippen LogP contribution in [0.5, 0.6) is 0 Å². The molecule has 1 amide bonds. The van der Waals surface area contributed by atoms with Crippen LogP contribution in [0.1, 0.15) is 28.9 Å². The van der Waals surface area contributed by atoms with E-state index in [1.165, 1.54) is 12.8 Å². The largest absolute Gasteiger partial charge is 0.282 e. The van der Waals surface area contributed by atoms with Crippen LogP contribution in [0.3, 0.4) is 0 Å². The number of rotatable bonds is 4. The Balaban J connectivity index is 1.69. The Morgan fingerprint density at radius 1 is 1.56 bits per heavy atom. The third-order valence-electron chi connectivity index (χ3n) is 3.19. The van der Waals surface area contributed by atoms with Crippen molar-refractivity contribution >= 4 is 16.8 Å². The highest BCUT2D eigenvalue weighted by atomic mass is 16.7. The van der Waals surface area contributed by atoms with Crippen LogP contribution in [0.15, 0.2) is 18.2 Å². The fourth-order valence-electron chi connectivity index (χ4n) is 1.86. The van der Waals surface area contributed by atoms with Crippen molar-refractivity contribution in [2.45, 2.75) is 19.8 Å². The quantitative estimate of drug-likeness (QED) is 0.809. The molecule has 18 heavy (non-hydrogen) atoms. The van der Waals surface area contributed by atoms with Crippen molar-refractivity contribution in [3.05, 3.63) is 29.5 Å². The molecule has 1 aliphatic carbocycles. The average molecular weight is 245 g/mol. The van der Waals surface area contributed by atoms with Crippen LogP contribution in [-0.2, 0) is 4.84 Å². The van der Waals surface area contributed by atoms with Gasteiger partial charge in [0.15, 0.2) is 0 Å². The number of hydrogen-bond acceptors (Lipinski definition) is 3. The lowest BCUT2D eigenvalue weighted by molar-refractivity contribution is 0.0270. The molecule has 0 atom stereocenters. The highest BCUT2D eigenvalue weighted by molar-refractivity contribution is 5.97. The normalized spacial score (nSPS) is 14.9. The summed E-state index contributed by atoms with van der Waals surface area (Å²) in [5, 5.41) is 8.06. The Labute approximate surface area is 104 Å². The molecule has 5 nitrogen and oxygen atoms in total. The van der Waals surface area contributed by atoms with Crippen molar-refractivity contribution in [1.82, 2.24) is 15.7 Å². The third-order valence-corrected chi connectivity index (χ3v) is 3.19. The summed E-state index contributed by atoms with van der Waals surface area (Å²) in [7, 11) is 0. The zero-order valence-corrected chi connectivity index (χ0v) is 10.2. The predicted octanol–water partition coefficient (Wildman–Crippen LogP) is 1.94. The molecule has 3 rings (SSSR count). The van der Waals surface area contributed by atoms with E-state index in [1.54, 1.807) is 12.1 Å². The second-order valence-electron chi connectivity index (χ2n) is 4.77. The fraction of sp³-hybridized carbons (Fsp3) is 0.385. The van der Waals surface area contributed by atoms with Gasteiger partial charge < -0.3 is 0 Å². The van der Waals surface area contributed by atoms with Gasteiger partial charge in [0.2, 0.25) is 0 Å². The molecule has 2 N–H and O–H groups in total. The number of nitrogens with one attached hydrogen (secondary N) is 2. The lowest BCUT2D eigenvalue weighted by Gasteiger charge is -2.04. The van der Waals surface area contributed by atoms with E-state index in [-0.39, 0.29) is 5.91 Å². The number of aromatic amines is 1. The zero-order valence-electron chi connectivity index (χ0n) is 10.2. The first-order valence-electron chi connectivity index (χ1n) is 6.11. The van der Waals surface area contributed by atoms with Crippen molar-refractivity contribution in [3.63, 3.8) is 0 Å². The number of carbonyl (C=O) groups is 1. The summed E-state index contributed by atoms with van der Waals surface area (Å²) in [5.41, 5.74) is 4.82. The molecule has 0 aliphatic heterocycles. The Bertz CT molecular complexity index is 587. The van der Waals surface area contributed by atoms with Crippen LogP contribution in [-0.4, -0.2) is 22.7 Å². The van der Waals surface area contributed by atoms with Crippen molar-refractivity contribution in [3.8, 4) is 0 Å². The molecule has 0 spiro atoms. The molecule has 2 aromatic rings. The second kappa shape index (κ2) is 4.42. The molecule has 1 fully saturated rings. The van der Waals surface area contributed by atoms with E-state index < -0.39 is 0 Å². The molecule has 1 aromatic carbocycles. The smallest absolute Gasteiger partial charge is 0.274 e. The predicted molar refractivity (Wildman–Crippen MR) is 67.0 cm³/mol. The first kappa shape index (κ1) is 11.2.